The Hall–Kier alpha value is -4.31. The lowest BCUT2D eigenvalue weighted by Crippen LogP contribution is -2.11. The maximum absolute atomic E-state index is 13.2. The fourth-order valence-electron chi connectivity index (χ4n) is 4.64. The first-order valence-electron chi connectivity index (χ1n) is 11.0. The van der Waals surface area contributed by atoms with E-state index in [0.717, 1.165) is 43.1 Å². The number of nitrogens with one attached hydrogen (secondary N) is 5. The van der Waals surface area contributed by atoms with Gasteiger partial charge in [0.25, 0.3) is 5.56 Å². The average molecular weight is 531 g/mol. The van der Waals surface area contributed by atoms with Gasteiger partial charge in [0.1, 0.15) is 17.1 Å². The molecule has 0 bridgehead atoms. The lowest BCUT2D eigenvalue weighted by Gasteiger charge is -2.12. The highest BCUT2D eigenvalue weighted by atomic mass is 79.9. The van der Waals surface area contributed by atoms with E-state index in [0.29, 0.717) is 22.9 Å². The monoisotopic (exact) mass is 530 g/mol. The number of fused-ring (bicyclic) bond motifs is 2. The Labute approximate surface area is 206 Å². The molecule has 1 unspecified atom stereocenters. The van der Waals surface area contributed by atoms with E-state index < -0.39 is 0 Å². The van der Waals surface area contributed by atoms with Gasteiger partial charge >= 0.3 is 5.95 Å². The third-order valence-electron chi connectivity index (χ3n) is 6.42. The van der Waals surface area contributed by atoms with Crippen molar-refractivity contribution in [3.63, 3.8) is 0 Å². The van der Waals surface area contributed by atoms with E-state index in [1.165, 1.54) is 0 Å². The number of halogens is 1. The van der Waals surface area contributed by atoms with E-state index in [9.17, 15) is 9.90 Å². The molecule has 35 heavy (non-hydrogen) atoms. The lowest BCUT2D eigenvalue weighted by molar-refractivity contribution is -0.358. The summed E-state index contributed by atoms with van der Waals surface area (Å²) in [5.41, 5.74) is 11.2. The summed E-state index contributed by atoms with van der Waals surface area (Å²) in [4.78, 5) is 33.1. The van der Waals surface area contributed by atoms with Crippen LogP contribution in [0.25, 0.3) is 44.3 Å². The van der Waals surface area contributed by atoms with Gasteiger partial charge in [-0.3, -0.25) is 10.5 Å². The van der Waals surface area contributed by atoms with Crippen LogP contribution in [-0.2, 0) is 0 Å². The molecule has 6 rings (SSSR count). The standard InChI is InChI=1S/C25H20BrN7O2/c1-11(18-9-31-25(27)33-18)13-4-5-20(34)23-21(13)16(8-29-23)19-10-30-22(24(35)32-19)15-7-28-17-6-12(26)2-3-14(15)17/h2-11,28-29,34H,1H3,(H,32,35)(H3,27,31,33)/p+1. The SMILES string of the molecule is CC(c1c[nH+]c(N)[nH]1)c1ccc(O)c2[nH]cc(-c3cnc(-c4c[nH]c5cc(Br)ccc45)c(=O)[nH]3)c12. The number of aromatic nitrogens is 6. The molecule has 0 radical (unpaired) electrons. The predicted molar refractivity (Wildman–Crippen MR) is 138 cm³/mol. The fourth-order valence-corrected chi connectivity index (χ4v) is 5.00. The van der Waals surface area contributed by atoms with Crippen molar-refractivity contribution in [3.05, 3.63) is 81.2 Å². The van der Waals surface area contributed by atoms with Crippen LogP contribution in [-0.4, -0.2) is 30.0 Å². The molecule has 0 saturated carbocycles. The minimum absolute atomic E-state index is 0.0642. The molecule has 1 atom stereocenters. The van der Waals surface area contributed by atoms with Crippen LogP contribution < -0.4 is 16.3 Å². The molecule has 8 N–H and O–H groups in total. The summed E-state index contributed by atoms with van der Waals surface area (Å²) in [6.07, 6.45) is 7.03. The Bertz CT molecular complexity index is 1790. The normalized spacial score (nSPS) is 12.5. The van der Waals surface area contributed by atoms with Crippen LogP contribution in [0, 0.1) is 0 Å². The molecular weight excluding hydrogens is 510 g/mol. The summed E-state index contributed by atoms with van der Waals surface area (Å²) in [5.74, 6) is 0.521. The molecule has 0 aliphatic heterocycles. The number of benzene rings is 2. The van der Waals surface area contributed by atoms with Crippen molar-refractivity contribution in [1.29, 1.82) is 0 Å². The summed E-state index contributed by atoms with van der Waals surface area (Å²) in [6, 6.07) is 9.36. The van der Waals surface area contributed by atoms with Gasteiger partial charge in [-0.1, -0.05) is 35.0 Å². The third-order valence-corrected chi connectivity index (χ3v) is 6.91. The number of aromatic hydroxyl groups is 1. The molecule has 0 amide bonds. The van der Waals surface area contributed by atoms with Gasteiger partial charge in [-0.05, 0) is 23.8 Å². The van der Waals surface area contributed by atoms with E-state index in [1.54, 1.807) is 24.7 Å². The second-order valence-electron chi connectivity index (χ2n) is 8.50. The Kier molecular flexibility index (Phi) is 4.78. The van der Waals surface area contributed by atoms with Gasteiger partial charge in [-0.2, -0.15) is 0 Å². The van der Waals surface area contributed by atoms with Crippen molar-refractivity contribution in [1.82, 2.24) is 24.9 Å². The fraction of sp³-hybridized carbons (Fsp3) is 0.0800. The maximum atomic E-state index is 13.2. The molecule has 6 aromatic rings. The second kappa shape index (κ2) is 7.88. The zero-order chi connectivity index (χ0) is 24.3. The van der Waals surface area contributed by atoms with Gasteiger partial charge < -0.3 is 20.1 Å². The Balaban J connectivity index is 1.49. The highest BCUT2D eigenvalue weighted by Crippen LogP contribution is 2.39. The number of phenolic OH excluding ortho intramolecular Hbond substituents is 1. The van der Waals surface area contributed by atoms with Crippen molar-refractivity contribution < 1.29 is 10.1 Å². The van der Waals surface area contributed by atoms with E-state index >= 15 is 0 Å². The molecule has 2 aromatic carbocycles. The van der Waals surface area contributed by atoms with Gasteiger partial charge in [0.2, 0.25) is 0 Å². The maximum Gasteiger partial charge on any atom is 0.350 e. The Morgan fingerprint density at radius 2 is 1.94 bits per heavy atom. The van der Waals surface area contributed by atoms with E-state index in [-0.39, 0.29) is 17.2 Å². The van der Waals surface area contributed by atoms with Gasteiger partial charge in [0, 0.05) is 50.2 Å². The lowest BCUT2D eigenvalue weighted by atomic mass is 9.92. The van der Waals surface area contributed by atoms with Gasteiger partial charge in [0.15, 0.2) is 0 Å². The van der Waals surface area contributed by atoms with Crippen LogP contribution in [0.5, 0.6) is 5.75 Å². The molecule has 0 fully saturated rings. The number of anilines is 1. The first kappa shape index (κ1) is 21.2. The van der Waals surface area contributed by atoms with Crippen LogP contribution in [0.1, 0.15) is 24.1 Å². The second-order valence-corrected chi connectivity index (χ2v) is 9.41. The van der Waals surface area contributed by atoms with Gasteiger partial charge in [-0.15, -0.1) is 0 Å². The van der Waals surface area contributed by atoms with Crippen LogP contribution in [0.2, 0.25) is 0 Å². The number of rotatable bonds is 4. The summed E-state index contributed by atoms with van der Waals surface area (Å²) in [6.45, 7) is 2.04. The van der Waals surface area contributed by atoms with Crippen molar-refractivity contribution >= 4 is 43.7 Å². The topological polar surface area (TPSA) is 154 Å². The van der Waals surface area contributed by atoms with Crippen molar-refractivity contribution in [3.8, 4) is 28.3 Å². The van der Waals surface area contributed by atoms with E-state index in [1.807, 2.05) is 37.4 Å². The molecule has 0 saturated heterocycles. The van der Waals surface area contributed by atoms with Crippen molar-refractivity contribution in [2.24, 2.45) is 0 Å². The van der Waals surface area contributed by atoms with Gasteiger partial charge in [-0.25, -0.2) is 15.0 Å². The number of nitrogens with zero attached hydrogens (tertiary/aromatic N) is 1. The molecule has 0 aliphatic carbocycles. The number of hydrogen-bond donors (Lipinski definition) is 6. The van der Waals surface area contributed by atoms with Crippen molar-refractivity contribution in [2.45, 2.75) is 12.8 Å². The van der Waals surface area contributed by atoms with E-state index in [2.05, 4.69) is 45.8 Å². The van der Waals surface area contributed by atoms with Crippen molar-refractivity contribution in [2.75, 3.05) is 5.73 Å². The highest BCUT2D eigenvalue weighted by molar-refractivity contribution is 9.10. The quantitative estimate of drug-likeness (QED) is 0.199. The minimum Gasteiger partial charge on any atom is -0.506 e. The zero-order valence-electron chi connectivity index (χ0n) is 18.5. The number of imidazole rings is 1. The van der Waals surface area contributed by atoms with Gasteiger partial charge in [0.05, 0.1) is 23.6 Å². The third kappa shape index (κ3) is 3.41. The average Bonchev–Trinajstić information content (AvgIpc) is 3.57. The molecule has 10 heteroatoms. The first-order chi connectivity index (χ1) is 16.9. The predicted octanol–water partition coefficient (Wildman–Crippen LogP) is 4.41. The molecule has 4 heterocycles. The number of hydrogen-bond acceptors (Lipinski definition) is 4. The largest absolute Gasteiger partial charge is 0.506 e. The van der Waals surface area contributed by atoms with Crippen LogP contribution in [0.15, 0.2) is 64.4 Å². The Morgan fingerprint density at radius 3 is 2.71 bits per heavy atom. The first-order valence-corrected chi connectivity index (χ1v) is 11.8. The molecule has 0 aliphatic rings. The molecule has 4 aromatic heterocycles. The summed E-state index contributed by atoms with van der Waals surface area (Å²) >= 11 is 3.47. The number of H-pyrrole nitrogens is 5. The Morgan fingerprint density at radius 1 is 1.11 bits per heavy atom. The van der Waals surface area contributed by atoms with Crippen LogP contribution in [0.3, 0.4) is 0 Å². The van der Waals surface area contributed by atoms with Crippen LogP contribution in [0.4, 0.5) is 5.95 Å². The number of phenols is 1. The summed E-state index contributed by atoms with van der Waals surface area (Å²) < 4.78 is 0.947. The number of nitrogen functional groups attached to an aromatic ring is 1. The molecule has 9 nitrogen and oxygen atoms in total. The van der Waals surface area contributed by atoms with E-state index in [4.69, 9.17) is 5.73 Å². The summed E-state index contributed by atoms with van der Waals surface area (Å²) in [5, 5.41) is 12.2. The number of aromatic amines is 5. The molecule has 174 valence electrons. The summed E-state index contributed by atoms with van der Waals surface area (Å²) in [7, 11) is 0. The smallest absolute Gasteiger partial charge is 0.350 e. The molecular formula is C25H21BrN7O2+. The molecule has 0 spiro atoms. The minimum atomic E-state index is -0.304. The zero-order valence-corrected chi connectivity index (χ0v) is 20.1. The number of nitrogens with two attached hydrogens (primary N) is 1. The highest BCUT2D eigenvalue weighted by Gasteiger charge is 2.22. The van der Waals surface area contributed by atoms with Crippen LogP contribution >= 0.6 is 15.9 Å².